The van der Waals surface area contributed by atoms with E-state index in [1.807, 2.05) is 12.5 Å². The number of nitrogens with zero attached hydrogens (tertiary/aromatic N) is 3. The van der Waals surface area contributed by atoms with Crippen LogP contribution in [-0.4, -0.2) is 27.6 Å². The molecule has 1 atom stereocenters. The lowest BCUT2D eigenvalue weighted by atomic mass is 10.2. The molecule has 21 heavy (non-hydrogen) atoms. The van der Waals surface area contributed by atoms with Gasteiger partial charge in [0, 0.05) is 6.04 Å². The third-order valence-electron chi connectivity index (χ3n) is 4.91. The normalized spacial score (nSPS) is 29.0. The average molecular weight is 288 g/mol. The van der Waals surface area contributed by atoms with Crippen LogP contribution in [0.3, 0.4) is 0 Å². The number of aromatic nitrogens is 2. The number of hydrazine groups is 1. The number of imidazole rings is 1. The number of nitrogens with one attached hydrogen (secondary N) is 3. The van der Waals surface area contributed by atoms with Crippen molar-refractivity contribution < 1.29 is 0 Å². The summed E-state index contributed by atoms with van der Waals surface area (Å²) in [4.78, 5) is 9.17. The molecule has 114 valence electrons. The van der Waals surface area contributed by atoms with Crippen molar-refractivity contribution in [3.05, 3.63) is 18.2 Å². The Morgan fingerprint density at radius 3 is 2.71 bits per heavy atom. The van der Waals surface area contributed by atoms with Gasteiger partial charge in [0.05, 0.1) is 17.9 Å². The van der Waals surface area contributed by atoms with E-state index in [4.69, 9.17) is 4.99 Å². The highest BCUT2D eigenvalue weighted by atomic mass is 15.5. The summed E-state index contributed by atoms with van der Waals surface area (Å²) in [7, 11) is 0. The van der Waals surface area contributed by atoms with Gasteiger partial charge < -0.3 is 0 Å². The maximum Gasteiger partial charge on any atom is 0.218 e. The quantitative estimate of drug-likeness (QED) is 0.791. The van der Waals surface area contributed by atoms with Gasteiger partial charge in [0.2, 0.25) is 5.96 Å². The highest BCUT2D eigenvalue weighted by Gasteiger charge is 2.27. The molecule has 2 saturated carbocycles. The predicted octanol–water partition coefficient (Wildman–Crippen LogP) is 1.67. The van der Waals surface area contributed by atoms with E-state index in [0.717, 1.165) is 11.7 Å². The van der Waals surface area contributed by atoms with Gasteiger partial charge in [-0.1, -0.05) is 25.7 Å². The van der Waals surface area contributed by atoms with Gasteiger partial charge in [0.15, 0.2) is 0 Å². The third-order valence-corrected chi connectivity index (χ3v) is 4.91. The first kappa shape index (κ1) is 13.3. The summed E-state index contributed by atoms with van der Waals surface area (Å²) in [5.74, 6) is 0.888. The fourth-order valence-electron chi connectivity index (χ4n) is 3.72. The van der Waals surface area contributed by atoms with E-state index in [9.17, 15) is 0 Å². The molecule has 0 bridgehead atoms. The molecule has 1 aromatic rings. The van der Waals surface area contributed by atoms with Gasteiger partial charge in [-0.15, -0.1) is 0 Å². The molecule has 6 heteroatoms. The molecule has 4 rings (SSSR count). The number of aliphatic imine (C=N–C) groups is 1. The Bertz CT molecular complexity index is 510. The molecule has 6 nitrogen and oxygen atoms in total. The van der Waals surface area contributed by atoms with Crippen LogP contribution in [0, 0.1) is 0 Å². The standard InChI is InChI=1S/C15H24N6/c1-2-6-11(5-1)17-14-13-9-16-10-21(13)15(20-19-14)18-12-7-3-4-8-12/h9-12,14,17,19H,1-8H2,(H,18,20). The zero-order chi connectivity index (χ0) is 14.1. The van der Waals surface area contributed by atoms with Crippen LogP contribution < -0.4 is 16.2 Å². The molecule has 1 aliphatic heterocycles. The molecule has 0 radical (unpaired) electrons. The Hall–Kier alpha value is -1.40. The first-order chi connectivity index (χ1) is 10.4. The number of hydrogen-bond donors (Lipinski definition) is 3. The fourth-order valence-corrected chi connectivity index (χ4v) is 3.72. The summed E-state index contributed by atoms with van der Waals surface area (Å²) in [5.41, 5.74) is 7.78. The van der Waals surface area contributed by atoms with Crippen LogP contribution in [0.25, 0.3) is 0 Å². The second-order valence-electron chi connectivity index (χ2n) is 6.43. The molecule has 2 aliphatic carbocycles. The lowest BCUT2D eigenvalue weighted by molar-refractivity contribution is 0.341. The molecular formula is C15H24N6. The van der Waals surface area contributed by atoms with Crippen LogP contribution in [0.2, 0.25) is 0 Å². The Morgan fingerprint density at radius 2 is 1.90 bits per heavy atom. The molecule has 1 aromatic heterocycles. The van der Waals surface area contributed by atoms with E-state index in [1.54, 1.807) is 0 Å². The third kappa shape index (κ3) is 2.70. The molecular weight excluding hydrogens is 264 g/mol. The lowest BCUT2D eigenvalue weighted by Gasteiger charge is -2.31. The minimum Gasteiger partial charge on any atom is -0.293 e. The van der Waals surface area contributed by atoms with Crippen molar-refractivity contribution in [1.29, 1.82) is 0 Å². The summed E-state index contributed by atoms with van der Waals surface area (Å²) in [6, 6.07) is 1.07. The molecule has 3 N–H and O–H groups in total. The molecule has 2 heterocycles. The molecule has 0 aromatic carbocycles. The van der Waals surface area contributed by atoms with Gasteiger partial charge in [-0.05, 0) is 25.7 Å². The van der Waals surface area contributed by atoms with E-state index in [-0.39, 0.29) is 6.17 Å². The molecule has 2 fully saturated rings. The minimum absolute atomic E-state index is 0.109. The van der Waals surface area contributed by atoms with Crippen molar-refractivity contribution in [3.8, 4) is 0 Å². The second-order valence-corrected chi connectivity index (χ2v) is 6.43. The van der Waals surface area contributed by atoms with Crippen LogP contribution in [0.15, 0.2) is 17.5 Å². The minimum atomic E-state index is 0.109. The van der Waals surface area contributed by atoms with Gasteiger partial charge in [-0.25, -0.2) is 15.4 Å². The summed E-state index contributed by atoms with van der Waals surface area (Å²) >= 11 is 0. The summed E-state index contributed by atoms with van der Waals surface area (Å²) in [5, 5.41) is 3.68. The van der Waals surface area contributed by atoms with E-state index < -0.39 is 0 Å². The van der Waals surface area contributed by atoms with Crippen LogP contribution in [0.5, 0.6) is 0 Å². The Balaban J connectivity index is 1.52. The fraction of sp³-hybridized carbons (Fsp3) is 0.733. The van der Waals surface area contributed by atoms with Gasteiger partial charge in [0.25, 0.3) is 0 Å². The zero-order valence-electron chi connectivity index (χ0n) is 12.4. The largest absolute Gasteiger partial charge is 0.293 e. The van der Waals surface area contributed by atoms with Crippen LogP contribution in [0.1, 0.15) is 63.2 Å². The van der Waals surface area contributed by atoms with E-state index >= 15 is 0 Å². The maximum atomic E-state index is 4.85. The van der Waals surface area contributed by atoms with Crippen LogP contribution in [0.4, 0.5) is 0 Å². The SMILES string of the molecule is c1ncn2c1C(NC1CCCC1)NNC2=NC1CCCC1. The summed E-state index contributed by atoms with van der Waals surface area (Å²) in [6.07, 6.45) is 14.2. The first-order valence-corrected chi connectivity index (χ1v) is 8.28. The monoisotopic (exact) mass is 288 g/mol. The maximum absolute atomic E-state index is 4.85. The van der Waals surface area contributed by atoms with Gasteiger partial charge >= 0.3 is 0 Å². The predicted molar refractivity (Wildman–Crippen MR) is 81.7 cm³/mol. The molecule has 1 unspecified atom stereocenters. The van der Waals surface area contributed by atoms with Crippen molar-refractivity contribution in [3.63, 3.8) is 0 Å². The van der Waals surface area contributed by atoms with Gasteiger partial charge in [-0.3, -0.25) is 15.3 Å². The Kier molecular flexibility index (Phi) is 3.65. The molecule has 0 saturated heterocycles. The van der Waals surface area contributed by atoms with Gasteiger partial charge in [0.1, 0.15) is 12.5 Å². The van der Waals surface area contributed by atoms with E-state index in [2.05, 4.69) is 25.7 Å². The highest BCUT2D eigenvalue weighted by molar-refractivity contribution is 5.83. The smallest absolute Gasteiger partial charge is 0.218 e. The van der Waals surface area contributed by atoms with Crippen molar-refractivity contribution in [1.82, 2.24) is 25.7 Å². The van der Waals surface area contributed by atoms with Gasteiger partial charge in [-0.2, -0.15) is 0 Å². The summed E-state index contributed by atoms with van der Waals surface area (Å²) in [6.45, 7) is 0. The lowest BCUT2D eigenvalue weighted by Crippen LogP contribution is -2.55. The Labute approximate surface area is 125 Å². The first-order valence-electron chi connectivity index (χ1n) is 8.28. The average Bonchev–Trinajstić information content (AvgIpc) is 3.21. The molecule has 0 spiro atoms. The van der Waals surface area contributed by atoms with Crippen molar-refractivity contribution >= 4 is 5.96 Å². The van der Waals surface area contributed by atoms with E-state index in [1.165, 1.54) is 51.4 Å². The number of fused-ring (bicyclic) bond motifs is 1. The number of rotatable bonds is 3. The second kappa shape index (κ2) is 5.77. The van der Waals surface area contributed by atoms with Crippen molar-refractivity contribution in [2.24, 2.45) is 4.99 Å². The Morgan fingerprint density at radius 1 is 1.14 bits per heavy atom. The van der Waals surface area contributed by atoms with Crippen LogP contribution in [-0.2, 0) is 0 Å². The summed E-state index contributed by atoms with van der Waals surface area (Å²) < 4.78 is 2.08. The van der Waals surface area contributed by atoms with Crippen LogP contribution >= 0.6 is 0 Å². The highest BCUT2D eigenvalue weighted by Crippen LogP contribution is 2.24. The van der Waals surface area contributed by atoms with E-state index in [0.29, 0.717) is 12.1 Å². The topological polar surface area (TPSA) is 66.3 Å². The number of hydrogen-bond acceptors (Lipinski definition) is 4. The molecule has 3 aliphatic rings. The van der Waals surface area contributed by atoms with Crippen molar-refractivity contribution in [2.45, 2.75) is 69.6 Å². The molecule has 0 amide bonds. The zero-order valence-corrected chi connectivity index (χ0v) is 12.4. The van der Waals surface area contributed by atoms with Crippen molar-refractivity contribution in [2.75, 3.05) is 0 Å².